The molecule has 14 nitrogen and oxygen atoms in total. The van der Waals surface area contributed by atoms with Crippen LogP contribution in [0.25, 0.3) is 22.5 Å². The van der Waals surface area contributed by atoms with Crippen molar-refractivity contribution in [3.05, 3.63) is 150 Å². The fourth-order valence-corrected chi connectivity index (χ4v) is 7.01. The highest BCUT2D eigenvalue weighted by molar-refractivity contribution is 5.64. The Morgan fingerprint density at radius 2 is 1.13 bits per heavy atom. The molecule has 2 aromatic carbocycles. The van der Waals surface area contributed by atoms with Crippen molar-refractivity contribution in [2.45, 2.75) is 39.3 Å². The minimum Gasteiger partial charge on any atom is -0.492 e. The Morgan fingerprint density at radius 3 is 1.74 bits per heavy atom. The molecule has 62 heavy (non-hydrogen) atoms. The summed E-state index contributed by atoms with van der Waals surface area (Å²) in [5, 5.41) is 6.58. The van der Waals surface area contributed by atoms with E-state index in [1.54, 1.807) is 31.0 Å². The van der Waals surface area contributed by atoms with Crippen molar-refractivity contribution < 1.29 is 23.7 Å². The van der Waals surface area contributed by atoms with Crippen LogP contribution in [0.15, 0.2) is 128 Å². The number of aromatic nitrogens is 6. The molecule has 1 fully saturated rings. The molecule has 0 unspecified atom stereocenters. The first-order valence-electron chi connectivity index (χ1n) is 21.0. The number of likely N-dealkylation sites (tertiary alicyclic amines) is 1. The molecule has 0 spiro atoms. The number of nitrogens with one attached hydrogen (secondary N) is 2. The largest absolute Gasteiger partial charge is 0.492 e. The van der Waals surface area contributed by atoms with Gasteiger partial charge in [0.1, 0.15) is 12.4 Å². The number of anilines is 4. The summed E-state index contributed by atoms with van der Waals surface area (Å²) in [5.41, 5.74) is 9.31. The van der Waals surface area contributed by atoms with Gasteiger partial charge in [-0.3, -0.25) is 14.9 Å². The zero-order valence-corrected chi connectivity index (χ0v) is 34.7. The van der Waals surface area contributed by atoms with Crippen molar-refractivity contribution in [2.24, 2.45) is 0 Å². The highest BCUT2D eigenvalue weighted by Crippen LogP contribution is 2.27. The first-order valence-corrected chi connectivity index (χ1v) is 21.0. The van der Waals surface area contributed by atoms with Gasteiger partial charge >= 0.3 is 0 Å². The Bertz CT molecular complexity index is 2420. The Hall–Kier alpha value is -6.42. The van der Waals surface area contributed by atoms with Crippen LogP contribution in [0.5, 0.6) is 5.75 Å². The third kappa shape index (κ3) is 12.8. The molecule has 12 bridgehead atoms. The van der Waals surface area contributed by atoms with Crippen LogP contribution in [0.4, 0.5) is 23.3 Å². The highest BCUT2D eigenvalue weighted by Gasteiger charge is 2.13. The number of fused-ring (bicyclic) bond motifs is 14. The molecule has 3 aliphatic rings. The maximum absolute atomic E-state index is 6.16. The van der Waals surface area contributed by atoms with Gasteiger partial charge in [0.05, 0.1) is 64.2 Å². The van der Waals surface area contributed by atoms with Gasteiger partial charge in [0.15, 0.2) is 0 Å². The maximum atomic E-state index is 6.16. The molecular weight excluding hydrogens is 783 g/mol. The quantitative estimate of drug-likeness (QED) is 0.164. The average molecular weight is 834 g/mol. The summed E-state index contributed by atoms with van der Waals surface area (Å²) in [6, 6.07) is 21.9. The summed E-state index contributed by atoms with van der Waals surface area (Å²) in [6.07, 6.45) is 21.2. The number of rotatable bonds is 4. The lowest BCUT2D eigenvalue weighted by Gasteiger charge is -2.17. The van der Waals surface area contributed by atoms with Crippen LogP contribution in [0.3, 0.4) is 0 Å². The molecule has 6 aromatic rings. The van der Waals surface area contributed by atoms with Gasteiger partial charge in [-0.2, -0.15) is 0 Å². The third-order valence-corrected chi connectivity index (χ3v) is 10.1. The average Bonchev–Trinajstić information content (AvgIpc) is 3.83. The van der Waals surface area contributed by atoms with Crippen LogP contribution >= 0.6 is 0 Å². The lowest BCUT2D eigenvalue weighted by Crippen LogP contribution is -2.25. The van der Waals surface area contributed by atoms with Crippen molar-refractivity contribution >= 4 is 23.3 Å². The van der Waals surface area contributed by atoms with Crippen LogP contribution < -0.4 is 15.4 Å². The maximum Gasteiger partial charge on any atom is 0.227 e. The first-order chi connectivity index (χ1) is 30.7. The summed E-state index contributed by atoms with van der Waals surface area (Å²) in [5.74, 6) is 1.90. The molecule has 14 heteroatoms. The number of hydrogen-bond donors (Lipinski definition) is 2. The van der Waals surface area contributed by atoms with Gasteiger partial charge in [-0.25, -0.2) is 19.9 Å². The van der Waals surface area contributed by atoms with Crippen LogP contribution in [0.1, 0.15) is 35.1 Å². The summed E-state index contributed by atoms with van der Waals surface area (Å²) in [7, 11) is 0. The SMILES string of the molecule is C1=C/COCc2cc(ccc2OCCN2CCCC2)Nc2nccc(n2)-c2cncc(c2)COC/1.C1=C/COCc2cncc(c2)-c2ccnc(n2)Nc2cccc(c2)COC/1. The Kier molecular flexibility index (Phi) is 15.3. The number of benzene rings is 2. The summed E-state index contributed by atoms with van der Waals surface area (Å²) < 4.78 is 29.2. The molecule has 0 aliphatic carbocycles. The smallest absolute Gasteiger partial charge is 0.227 e. The molecule has 0 atom stereocenters. The molecule has 318 valence electrons. The number of pyridine rings is 2. The fourth-order valence-electron chi connectivity index (χ4n) is 7.01. The van der Waals surface area contributed by atoms with Crippen molar-refractivity contribution in [2.75, 3.05) is 63.3 Å². The van der Waals surface area contributed by atoms with E-state index in [9.17, 15) is 0 Å². The lowest BCUT2D eigenvalue weighted by atomic mass is 10.1. The van der Waals surface area contributed by atoms with Crippen molar-refractivity contribution in [1.82, 2.24) is 34.8 Å². The van der Waals surface area contributed by atoms with E-state index in [-0.39, 0.29) is 0 Å². The zero-order chi connectivity index (χ0) is 42.0. The standard InChI is InChI=1S/C27H31N5O3.C21H20N4O2/c1-2-10-32(9-1)11-14-35-26-6-5-24-16-23(26)20-34-13-4-3-12-33-19-21-15-22(18-28-17-21)25-7-8-29-27(30-24)31-25;1-2-9-27-15-17-10-18(13-22-12-17)20-6-7-23-21(25-20)24-19-5-3-4-16(11-19)14-26-8-1/h3-8,15-18H,1-2,9-14,19-20H2,(H,29,30,31);1-7,10-13H,8-9,14-15H2,(H,23,24,25)/b4-3+;2-1+. The zero-order valence-electron chi connectivity index (χ0n) is 34.7. The summed E-state index contributed by atoms with van der Waals surface area (Å²) in [4.78, 5) is 29.2. The molecule has 9 rings (SSSR count). The van der Waals surface area contributed by atoms with E-state index in [2.05, 4.69) is 40.5 Å². The van der Waals surface area contributed by atoms with Crippen LogP contribution in [0, 0.1) is 0 Å². The third-order valence-electron chi connectivity index (χ3n) is 10.1. The minimum atomic E-state index is 0.441. The fraction of sp³-hybridized carbons (Fsp3) is 0.292. The predicted molar refractivity (Wildman–Crippen MR) is 238 cm³/mol. The minimum absolute atomic E-state index is 0.441. The Morgan fingerprint density at radius 1 is 0.565 bits per heavy atom. The molecule has 3 aliphatic heterocycles. The molecule has 7 heterocycles. The van der Waals surface area contributed by atoms with Crippen molar-refractivity contribution in [1.29, 1.82) is 0 Å². The van der Waals surface area contributed by atoms with E-state index >= 15 is 0 Å². The van der Waals surface area contributed by atoms with Gasteiger partial charge in [0, 0.05) is 71.8 Å². The monoisotopic (exact) mass is 833 g/mol. The normalized spacial score (nSPS) is 16.9. The summed E-state index contributed by atoms with van der Waals surface area (Å²) >= 11 is 0. The molecule has 4 aromatic heterocycles. The van der Waals surface area contributed by atoms with Crippen LogP contribution in [-0.2, 0) is 45.4 Å². The van der Waals surface area contributed by atoms with Crippen LogP contribution in [0.2, 0.25) is 0 Å². The number of hydrogen-bond acceptors (Lipinski definition) is 14. The molecule has 2 N–H and O–H groups in total. The Labute approximate surface area is 362 Å². The molecule has 1 saturated heterocycles. The van der Waals surface area contributed by atoms with Gasteiger partial charge in [-0.15, -0.1) is 0 Å². The van der Waals surface area contributed by atoms with Gasteiger partial charge in [0.2, 0.25) is 11.9 Å². The highest BCUT2D eigenvalue weighted by atomic mass is 16.5. The Balaban J connectivity index is 0.000000176. The van der Waals surface area contributed by atoms with Gasteiger partial charge in [0.25, 0.3) is 0 Å². The van der Waals surface area contributed by atoms with Gasteiger partial charge in [-0.05, 0) is 97.2 Å². The number of ether oxygens (including phenoxy) is 5. The molecular formula is C48H51N9O5. The van der Waals surface area contributed by atoms with Gasteiger partial charge in [-0.1, -0.05) is 36.4 Å². The van der Waals surface area contributed by atoms with E-state index < -0.39 is 0 Å². The van der Waals surface area contributed by atoms with Crippen molar-refractivity contribution in [3.8, 4) is 28.3 Å². The van der Waals surface area contributed by atoms with Crippen molar-refractivity contribution in [3.63, 3.8) is 0 Å². The second kappa shape index (κ2) is 22.4. The lowest BCUT2D eigenvalue weighted by molar-refractivity contribution is 0.138. The first kappa shape index (κ1) is 42.3. The number of nitrogens with zero attached hydrogens (tertiary/aromatic N) is 7. The second-order valence-electron chi connectivity index (χ2n) is 14.9. The van der Waals surface area contributed by atoms with E-state index in [1.165, 1.54) is 12.8 Å². The topological polar surface area (TPSA) is 151 Å². The van der Waals surface area contributed by atoms with E-state index in [0.717, 1.165) is 81.5 Å². The van der Waals surface area contributed by atoms with Gasteiger partial charge < -0.3 is 34.3 Å². The molecule has 0 saturated carbocycles. The molecule has 0 radical (unpaired) electrons. The summed E-state index contributed by atoms with van der Waals surface area (Å²) in [6.45, 7) is 7.97. The van der Waals surface area contributed by atoms with E-state index in [4.69, 9.17) is 28.7 Å². The van der Waals surface area contributed by atoms with E-state index in [0.29, 0.717) is 71.4 Å². The predicted octanol–water partition coefficient (Wildman–Crippen LogP) is 8.25. The second-order valence-corrected chi connectivity index (χ2v) is 14.9. The van der Waals surface area contributed by atoms with E-state index in [1.807, 2.05) is 97.2 Å². The van der Waals surface area contributed by atoms with Crippen LogP contribution in [-0.4, -0.2) is 87.5 Å². The molecule has 0 amide bonds.